The third-order valence-corrected chi connectivity index (χ3v) is 1.05. The number of hydrogen-bond donors (Lipinski definition) is 0. The summed E-state index contributed by atoms with van der Waals surface area (Å²) in [5.41, 5.74) is 8.02. The molecule has 0 unspecified atom stereocenters. The Bertz CT molecular complexity index is 150. The Kier molecular flexibility index (Phi) is 4.41. The summed E-state index contributed by atoms with van der Waals surface area (Å²) in [6, 6.07) is 9.76. The van der Waals surface area contributed by atoms with Crippen LogP contribution in [0.5, 0.6) is 0 Å². The zero-order chi connectivity index (χ0) is 5.82. The van der Waals surface area contributed by atoms with E-state index in [1.165, 1.54) is 0 Å². The van der Waals surface area contributed by atoms with E-state index in [0.29, 0.717) is 6.54 Å². The second-order valence-electron chi connectivity index (χ2n) is 1.66. The second kappa shape index (κ2) is 4.57. The Balaban J connectivity index is 0.000000640. The predicted octanol–water partition coefficient (Wildman–Crippen LogP) is 2.24. The molecule has 0 atom stereocenters. The van der Waals surface area contributed by atoms with E-state index in [9.17, 15) is 0 Å². The van der Waals surface area contributed by atoms with Crippen LogP contribution in [0, 0.1) is 0 Å². The Hall–Kier alpha value is -0.301. The Labute approximate surface area is 65.7 Å². The van der Waals surface area contributed by atoms with Crippen molar-refractivity contribution in [3.8, 4) is 0 Å². The van der Waals surface area contributed by atoms with E-state index in [2.05, 4.69) is 0 Å². The third kappa shape index (κ3) is 2.66. The molecule has 0 aromatic heterocycles. The summed E-state index contributed by atoms with van der Waals surface area (Å²) in [5.74, 6) is 0. The Morgan fingerprint density at radius 1 is 1.11 bits per heavy atom. The standard InChI is InChI=1S/C7H8N.Mn/c8-6-7-4-2-1-3-5-7;/h1-5,8H,6H2;/q-1;. The fourth-order valence-corrected chi connectivity index (χ4v) is 0.596. The summed E-state index contributed by atoms with van der Waals surface area (Å²) in [6.07, 6.45) is 0. The average Bonchev–Trinajstić information content (AvgIpc) is 1.90. The van der Waals surface area contributed by atoms with E-state index in [1.807, 2.05) is 30.3 Å². The molecule has 0 amide bonds. The molecule has 0 aliphatic heterocycles. The zero-order valence-electron chi connectivity index (χ0n) is 4.97. The van der Waals surface area contributed by atoms with Crippen LogP contribution in [0.1, 0.15) is 5.56 Å². The van der Waals surface area contributed by atoms with Crippen molar-refractivity contribution < 1.29 is 17.1 Å². The van der Waals surface area contributed by atoms with Gasteiger partial charge in [-0.1, -0.05) is 35.9 Å². The van der Waals surface area contributed by atoms with Crippen molar-refractivity contribution in [2.24, 2.45) is 0 Å². The fourth-order valence-electron chi connectivity index (χ4n) is 0.596. The number of hydrogen-bond acceptors (Lipinski definition) is 0. The van der Waals surface area contributed by atoms with Gasteiger partial charge in [0.15, 0.2) is 0 Å². The summed E-state index contributed by atoms with van der Waals surface area (Å²) < 4.78 is 0. The second-order valence-corrected chi connectivity index (χ2v) is 1.66. The SMILES string of the molecule is [Mn].[NH-]Cc1ccccc1. The molecule has 1 radical (unpaired) electrons. The first-order valence-corrected chi connectivity index (χ1v) is 2.62. The normalized spacial score (nSPS) is 8.11. The maximum Gasteiger partial charge on any atom is 0 e. The fraction of sp³-hybridized carbons (Fsp3) is 0.143. The molecule has 9 heavy (non-hydrogen) atoms. The molecule has 0 aliphatic carbocycles. The summed E-state index contributed by atoms with van der Waals surface area (Å²) in [4.78, 5) is 0. The Morgan fingerprint density at radius 3 is 2.00 bits per heavy atom. The molecule has 1 aromatic carbocycles. The van der Waals surface area contributed by atoms with Crippen LogP contribution in [0.15, 0.2) is 30.3 Å². The van der Waals surface area contributed by atoms with E-state index < -0.39 is 0 Å². The van der Waals surface area contributed by atoms with Crippen LogP contribution in [-0.2, 0) is 23.6 Å². The maximum atomic E-state index is 6.94. The van der Waals surface area contributed by atoms with Gasteiger partial charge in [0.1, 0.15) is 0 Å². The van der Waals surface area contributed by atoms with E-state index >= 15 is 0 Å². The van der Waals surface area contributed by atoms with Crippen molar-refractivity contribution in [2.45, 2.75) is 6.54 Å². The molecule has 2 heteroatoms. The Morgan fingerprint density at radius 2 is 1.67 bits per heavy atom. The van der Waals surface area contributed by atoms with Crippen LogP contribution in [0.2, 0.25) is 0 Å². The van der Waals surface area contributed by atoms with Crippen LogP contribution < -0.4 is 0 Å². The topological polar surface area (TPSA) is 23.8 Å². The van der Waals surface area contributed by atoms with Crippen molar-refractivity contribution in [1.29, 1.82) is 0 Å². The number of nitrogens with one attached hydrogen (secondary N) is 1. The molecule has 0 fully saturated rings. The molecule has 0 saturated carbocycles. The molecule has 49 valence electrons. The average molecular weight is 161 g/mol. The van der Waals surface area contributed by atoms with Gasteiger partial charge in [0.2, 0.25) is 0 Å². The zero-order valence-corrected chi connectivity index (χ0v) is 6.15. The molecule has 1 N–H and O–H groups in total. The van der Waals surface area contributed by atoms with E-state index in [1.54, 1.807) is 0 Å². The van der Waals surface area contributed by atoms with Gasteiger partial charge in [-0.3, -0.25) is 0 Å². The van der Waals surface area contributed by atoms with Gasteiger partial charge in [-0.05, 0) is 0 Å². The molecule has 0 aliphatic rings. The smallest absolute Gasteiger partial charge is 0 e. The minimum atomic E-state index is 0. The van der Waals surface area contributed by atoms with Crippen LogP contribution in [0.25, 0.3) is 5.73 Å². The van der Waals surface area contributed by atoms with E-state index in [0.717, 1.165) is 5.56 Å². The minimum absolute atomic E-state index is 0. The quantitative estimate of drug-likeness (QED) is 0.564. The summed E-state index contributed by atoms with van der Waals surface area (Å²) in [5, 5.41) is 0. The van der Waals surface area contributed by atoms with Crippen molar-refractivity contribution in [3.63, 3.8) is 0 Å². The molecule has 0 bridgehead atoms. The van der Waals surface area contributed by atoms with Crippen molar-refractivity contribution >= 4 is 0 Å². The maximum absolute atomic E-state index is 6.94. The molecule has 0 spiro atoms. The van der Waals surface area contributed by atoms with Crippen molar-refractivity contribution in [3.05, 3.63) is 41.6 Å². The van der Waals surface area contributed by atoms with Gasteiger partial charge >= 0.3 is 0 Å². The predicted molar refractivity (Wildman–Crippen MR) is 34.5 cm³/mol. The van der Waals surface area contributed by atoms with Crippen LogP contribution in [0.3, 0.4) is 0 Å². The minimum Gasteiger partial charge on any atom is -0.674 e. The van der Waals surface area contributed by atoms with Gasteiger partial charge in [-0.15, -0.1) is 6.54 Å². The first-order valence-electron chi connectivity index (χ1n) is 2.62. The van der Waals surface area contributed by atoms with Gasteiger partial charge in [-0.25, -0.2) is 0 Å². The molecule has 0 heterocycles. The molecule has 0 saturated heterocycles. The van der Waals surface area contributed by atoms with Crippen molar-refractivity contribution in [2.75, 3.05) is 0 Å². The van der Waals surface area contributed by atoms with Crippen molar-refractivity contribution in [1.82, 2.24) is 0 Å². The summed E-state index contributed by atoms with van der Waals surface area (Å²) in [6.45, 7) is 0.390. The van der Waals surface area contributed by atoms with Gasteiger partial charge in [-0.2, -0.15) is 0 Å². The first-order chi connectivity index (χ1) is 3.93. The molecule has 1 nitrogen and oxygen atoms in total. The van der Waals surface area contributed by atoms with Crippen LogP contribution >= 0.6 is 0 Å². The third-order valence-electron chi connectivity index (χ3n) is 1.05. The van der Waals surface area contributed by atoms with Gasteiger partial charge < -0.3 is 5.73 Å². The largest absolute Gasteiger partial charge is 0.674 e. The van der Waals surface area contributed by atoms with Gasteiger partial charge in [0, 0.05) is 17.1 Å². The van der Waals surface area contributed by atoms with Gasteiger partial charge in [0.05, 0.1) is 0 Å². The van der Waals surface area contributed by atoms with Gasteiger partial charge in [0.25, 0.3) is 0 Å². The molecular weight excluding hydrogens is 153 g/mol. The van der Waals surface area contributed by atoms with E-state index in [-0.39, 0.29) is 17.1 Å². The number of benzene rings is 1. The molecular formula is C7H8MnN-. The molecule has 1 aromatic rings. The van der Waals surface area contributed by atoms with Crippen LogP contribution in [-0.4, -0.2) is 0 Å². The summed E-state index contributed by atoms with van der Waals surface area (Å²) in [7, 11) is 0. The van der Waals surface area contributed by atoms with E-state index in [4.69, 9.17) is 5.73 Å². The van der Waals surface area contributed by atoms with Crippen LogP contribution in [0.4, 0.5) is 0 Å². The monoisotopic (exact) mass is 161 g/mol. The summed E-state index contributed by atoms with van der Waals surface area (Å²) >= 11 is 0. The first kappa shape index (κ1) is 8.70. The molecule has 1 rings (SSSR count). The number of rotatable bonds is 1.